The molecule has 3 aliphatic rings. The molecule has 0 spiro atoms. The van der Waals surface area contributed by atoms with Gasteiger partial charge in [0.2, 0.25) is 5.91 Å². The summed E-state index contributed by atoms with van der Waals surface area (Å²) in [6, 6.07) is 8.99. The van der Waals surface area contributed by atoms with Crippen molar-refractivity contribution in [3.8, 4) is 5.69 Å². The predicted molar refractivity (Wildman–Crippen MR) is 151 cm³/mol. The van der Waals surface area contributed by atoms with E-state index in [0.717, 1.165) is 26.1 Å². The second-order valence-corrected chi connectivity index (χ2v) is 11.8. The number of fused-ring (bicyclic) bond motifs is 1. The summed E-state index contributed by atoms with van der Waals surface area (Å²) in [5, 5.41) is 12.0. The van der Waals surface area contributed by atoms with Crippen LogP contribution in [-0.4, -0.2) is 105 Å². The highest BCUT2D eigenvalue weighted by Crippen LogP contribution is 2.52. The minimum absolute atomic E-state index is 0.0659. The third-order valence-electron chi connectivity index (χ3n) is 8.42. The lowest BCUT2D eigenvalue weighted by molar-refractivity contribution is -0.137. The van der Waals surface area contributed by atoms with Crippen LogP contribution in [0.1, 0.15) is 19.4 Å². The molecule has 3 atom stereocenters. The number of carbonyl (C=O) groups excluding carboxylic acids is 2. The zero-order chi connectivity index (χ0) is 28.6. The molecule has 3 fully saturated rings. The van der Waals surface area contributed by atoms with E-state index in [1.165, 1.54) is 10.1 Å². The summed E-state index contributed by atoms with van der Waals surface area (Å²) in [7, 11) is 0. The van der Waals surface area contributed by atoms with E-state index in [4.69, 9.17) is 11.5 Å². The zero-order valence-corrected chi connectivity index (χ0v) is 23.2. The number of carbonyl (C=O) groups is 2. The van der Waals surface area contributed by atoms with Gasteiger partial charge in [0.25, 0.3) is 0 Å². The van der Waals surface area contributed by atoms with Gasteiger partial charge in [-0.2, -0.15) is 4.98 Å². The van der Waals surface area contributed by atoms with Crippen molar-refractivity contribution >= 4 is 17.8 Å². The van der Waals surface area contributed by atoms with Crippen LogP contribution in [0.15, 0.2) is 41.3 Å². The molecule has 40 heavy (non-hydrogen) atoms. The van der Waals surface area contributed by atoms with Crippen LogP contribution in [0.3, 0.4) is 0 Å². The molecular formula is C28H40N8O4. The van der Waals surface area contributed by atoms with Crippen LogP contribution < -0.4 is 22.5 Å². The summed E-state index contributed by atoms with van der Waals surface area (Å²) in [5.41, 5.74) is 12.4. The number of aliphatic hydroxyl groups is 1. The maximum atomic E-state index is 12.7. The second kappa shape index (κ2) is 11.3. The monoisotopic (exact) mass is 552 g/mol. The quantitative estimate of drug-likeness (QED) is 0.346. The molecule has 2 saturated heterocycles. The number of amides is 3. The van der Waals surface area contributed by atoms with E-state index in [9.17, 15) is 19.5 Å². The van der Waals surface area contributed by atoms with Crippen molar-refractivity contribution in [2.75, 3.05) is 57.7 Å². The van der Waals surface area contributed by atoms with E-state index < -0.39 is 11.2 Å². The number of aliphatic hydroxyl groups excluding tert-OH is 1. The molecule has 1 aliphatic carbocycles. The fraction of sp³-hybridized carbons (Fsp3) is 0.571. The molecule has 1 aromatic carbocycles. The molecule has 1 saturated carbocycles. The minimum Gasteiger partial charge on any atom is -0.395 e. The third kappa shape index (κ3) is 6.04. The smallest absolute Gasteiger partial charge is 0.354 e. The summed E-state index contributed by atoms with van der Waals surface area (Å²) < 4.78 is 1.44. The van der Waals surface area contributed by atoms with Gasteiger partial charge in [0.05, 0.1) is 17.8 Å². The van der Waals surface area contributed by atoms with Crippen molar-refractivity contribution in [3.63, 3.8) is 0 Å². The van der Waals surface area contributed by atoms with Crippen LogP contribution in [0, 0.1) is 17.8 Å². The number of hydrogen-bond acceptors (Lipinski definition) is 8. The Morgan fingerprint density at radius 3 is 2.27 bits per heavy atom. The van der Waals surface area contributed by atoms with Gasteiger partial charge in [0.1, 0.15) is 5.82 Å². The summed E-state index contributed by atoms with van der Waals surface area (Å²) >= 11 is 0. The van der Waals surface area contributed by atoms with Crippen molar-refractivity contribution < 1.29 is 14.7 Å². The van der Waals surface area contributed by atoms with Crippen LogP contribution in [-0.2, 0) is 11.2 Å². The van der Waals surface area contributed by atoms with Gasteiger partial charge in [-0.3, -0.25) is 14.7 Å². The Morgan fingerprint density at radius 2 is 1.70 bits per heavy atom. The molecule has 216 valence electrons. The van der Waals surface area contributed by atoms with Crippen molar-refractivity contribution in [1.29, 1.82) is 0 Å². The molecule has 0 bridgehead atoms. The van der Waals surface area contributed by atoms with E-state index in [2.05, 4.69) is 15.2 Å². The first kappa shape index (κ1) is 28.2. The standard InChI is InChI=1S/C28H40N8O4/c1-28(2,30)25(38)34-11-13-35(14-12-34)26(39)31-23-8-10-36(27(40)32-23)19-5-3-18(4-6-19)7-9-33-15-20-21(16-33)24(20)22(29)17-37/h3-6,8,10,20-22,24,37H,7,9,11-17,29-30H2,1-2H3,(H,31,32,39,40)/t20?,21?,22-,24?/m0/s1. The third-order valence-corrected chi connectivity index (χ3v) is 8.42. The summed E-state index contributed by atoms with van der Waals surface area (Å²) in [6.45, 7) is 8.01. The SMILES string of the molecule is CC(C)(N)C(=O)N1CCN(C(=O)Nc2ccn(-c3ccc(CCN4CC5C(C4)C5[C@@H](N)CO)cc3)c(=O)n2)CC1. The summed E-state index contributed by atoms with van der Waals surface area (Å²) in [4.78, 5) is 47.5. The second-order valence-electron chi connectivity index (χ2n) is 11.8. The molecule has 3 amide bonds. The van der Waals surface area contributed by atoms with Crippen molar-refractivity contribution in [2.24, 2.45) is 29.2 Å². The maximum Gasteiger partial charge on any atom is 0.354 e. The molecule has 6 N–H and O–H groups in total. The predicted octanol–water partition coefficient (Wildman–Crippen LogP) is -0.314. The van der Waals surface area contributed by atoms with Crippen LogP contribution in [0.5, 0.6) is 0 Å². The first-order valence-electron chi connectivity index (χ1n) is 14.0. The van der Waals surface area contributed by atoms with Gasteiger partial charge in [-0.25, -0.2) is 9.59 Å². The van der Waals surface area contributed by atoms with E-state index in [1.54, 1.807) is 35.9 Å². The zero-order valence-electron chi connectivity index (χ0n) is 23.2. The largest absolute Gasteiger partial charge is 0.395 e. The maximum absolute atomic E-state index is 12.7. The lowest BCUT2D eigenvalue weighted by Gasteiger charge is -2.37. The van der Waals surface area contributed by atoms with Gasteiger partial charge in [-0.1, -0.05) is 12.1 Å². The highest BCUT2D eigenvalue weighted by atomic mass is 16.3. The van der Waals surface area contributed by atoms with Gasteiger partial charge in [-0.15, -0.1) is 0 Å². The van der Waals surface area contributed by atoms with Crippen molar-refractivity contribution in [2.45, 2.75) is 31.8 Å². The molecule has 2 unspecified atom stereocenters. The van der Waals surface area contributed by atoms with Crippen LogP contribution >= 0.6 is 0 Å². The van der Waals surface area contributed by atoms with E-state index >= 15 is 0 Å². The molecular weight excluding hydrogens is 512 g/mol. The normalized spacial score (nSPS) is 23.6. The van der Waals surface area contributed by atoms with Gasteiger partial charge in [0, 0.05) is 58.1 Å². The molecule has 2 aromatic rings. The van der Waals surface area contributed by atoms with Gasteiger partial charge < -0.3 is 31.3 Å². The van der Waals surface area contributed by atoms with Gasteiger partial charge in [0.15, 0.2) is 0 Å². The molecule has 2 aliphatic heterocycles. The number of piperidine rings is 1. The Balaban J connectivity index is 1.10. The number of benzene rings is 1. The van der Waals surface area contributed by atoms with Gasteiger partial charge in [-0.05, 0) is 61.8 Å². The van der Waals surface area contributed by atoms with Crippen LogP contribution in [0.2, 0.25) is 0 Å². The number of nitrogens with two attached hydrogens (primary N) is 2. The number of aromatic nitrogens is 2. The lowest BCUT2D eigenvalue weighted by atomic mass is 10.1. The van der Waals surface area contributed by atoms with Crippen molar-refractivity contribution in [1.82, 2.24) is 24.3 Å². The number of likely N-dealkylation sites (tertiary alicyclic amines) is 1. The van der Waals surface area contributed by atoms with Crippen LogP contribution in [0.4, 0.5) is 10.6 Å². The number of hydrogen-bond donors (Lipinski definition) is 4. The molecule has 1 aromatic heterocycles. The number of piperazine rings is 1. The molecule has 0 radical (unpaired) electrons. The van der Waals surface area contributed by atoms with E-state index in [0.29, 0.717) is 49.6 Å². The fourth-order valence-corrected chi connectivity index (χ4v) is 6.09. The Bertz CT molecular complexity index is 1270. The number of rotatable bonds is 8. The first-order valence-corrected chi connectivity index (χ1v) is 14.0. The molecule has 5 rings (SSSR count). The lowest BCUT2D eigenvalue weighted by Crippen LogP contribution is -2.58. The Kier molecular flexibility index (Phi) is 7.96. The highest BCUT2D eigenvalue weighted by Gasteiger charge is 2.57. The summed E-state index contributed by atoms with van der Waals surface area (Å²) in [5.74, 6) is 1.76. The average molecular weight is 553 g/mol. The molecule has 12 nitrogen and oxygen atoms in total. The highest BCUT2D eigenvalue weighted by molar-refractivity contribution is 5.89. The van der Waals surface area contributed by atoms with E-state index in [1.807, 2.05) is 24.3 Å². The average Bonchev–Trinajstić information content (AvgIpc) is 3.44. The van der Waals surface area contributed by atoms with Crippen LogP contribution in [0.25, 0.3) is 5.69 Å². The number of nitrogens with zero attached hydrogens (tertiary/aromatic N) is 5. The summed E-state index contributed by atoms with van der Waals surface area (Å²) in [6.07, 6.45) is 2.52. The molecule has 12 heteroatoms. The van der Waals surface area contributed by atoms with Crippen molar-refractivity contribution in [3.05, 3.63) is 52.6 Å². The fourth-order valence-electron chi connectivity index (χ4n) is 6.09. The Hall–Kier alpha value is -3.32. The van der Waals surface area contributed by atoms with Gasteiger partial charge >= 0.3 is 11.7 Å². The Morgan fingerprint density at radius 1 is 1.07 bits per heavy atom. The Labute approximate surface area is 233 Å². The minimum atomic E-state index is -0.951. The van der Waals surface area contributed by atoms with E-state index in [-0.39, 0.29) is 30.4 Å². The molecule has 3 heterocycles. The number of anilines is 1. The number of urea groups is 1. The number of nitrogens with one attached hydrogen (secondary N) is 1. The topological polar surface area (TPSA) is 163 Å². The first-order chi connectivity index (χ1) is 19.0.